The molecule has 1 aliphatic carbocycles. The summed E-state index contributed by atoms with van der Waals surface area (Å²) in [6, 6.07) is 10.1. The standard InChI is InChI=1S/C22H30N4O/c1-17-8-6-14-25(16-17)15-7-13-23-22(27)21-19-11-5-12-20(19)26(24-21)18-9-3-2-4-10-18/h2-4,9-10,17H,5-8,11-16H2,1H3,(H,23,27). The predicted octanol–water partition coefficient (Wildman–Crippen LogP) is 3.21. The molecule has 1 aromatic carbocycles. The van der Waals surface area contributed by atoms with Gasteiger partial charge in [-0.2, -0.15) is 5.10 Å². The molecule has 1 amide bonds. The lowest BCUT2D eigenvalue weighted by atomic mass is 10.0. The van der Waals surface area contributed by atoms with Gasteiger partial charge < -0.3 is 10.2 Å². The Bertz CT molecular complexity index is 783. The summed E-state index contributed by atoms with van der Waals surface area (Å²) in [5, 5.41) is 7.78. The number of carbonyl (C=O) groups is 1. The van der Waals surface area contributed by atoms with Crippen LogP contribution < -0.4 is 5.32 Å². The Morgan fingerprint density at radius 3 is 2.89 bits per heavy atom. The number of fused-ring (bicyclic) bond motifs is 1. The summed E-state index contributed by atoms with van der Waals surface area (Å²) >= 11 is 0. The molecule has 0 saturated carbocycles. The summed E-state index contributed by atoms with van der Waals surface area (Å²) in [5.41, 5.74) is 4.00. The summed E-state index contributed by atoms with van der Waals surface area (Å²) in [5.74, 6) is 0.785. The summed E-state index contributed by atoms with van der Waals surface area (Å²) < 4.78 is 1.96. The number of carbonyl (C=O) groups excluding carboxylic acids is 1. The van der Waals surface area contributed by atoms with Gasteiger partial charge >= 0.3 is 0 Å². The van der Waals surface area contributed by atoms with Crippen LogP contribution in [0.3, 0.4) is 0 Å². The van der Waals surface area contributed by atoms with E-state index in [9.17, 15) is 4.79 Å². The van der Waals surface area contributed by atoms with E-state index in [0.717, 1.165) is 55.9 Å². The number of aromatic nitrogens is 2. The van der Waals surface area contributed by atoms with Crippen molar-refractivity contribution < 1.29 is 4.79 Å². The molecule has 1 saturated heterocycles. The monoisotopic (exact) mass is 366 g/mol. The number of rotatable bonds is 6. The molecule has 0 bridgehead atoms. The molecule has 1 fully saturated rings. The molecule has 5 heteroatoms. The van der Waals surface area contributed by atoms with Gasteiger partial charge in [0.25, 0.3) is 5.91 Å². The highest BCUT2D eigenvalue weighted by Crippen LogP contribution is 2.27. The van der Waals surface area contributed by atoms with Crippen molar-refractivity contribution in [2.75, 3.05) is 26.2 Å². The van der Waals surface area contributed by atoms with Gasteiger partial charge in [-0.25, -0.2) is 4.68 Å². The largest absolute Gasteiger partial charge is 0.351 e. The molecule has 5 nitrogen and oxygen atoms in total. The molecule has 1 N–H and O–H groups in total. The molecule has 27 heavy (non-hydrogen) atoms. The molecule has 1 aliphatic heterocycles. The maximum atomic E-state index is 12.8. The minimum atomic E-state index is -0.0187. The molecule has 1 aromatic heterocycles. The average molecular weight is 367 g/mol. The van der Waals surface area contributed by atoms with Crippen molar-refractivity contribution in [2.24, 2.45) is 5.92 Å². The van der Waals surface area contributed by atoms with Crippen LogP contribution in [0, 0.1) is 5.92 Å². The van der Waals surface area contributed by atoms with Gasteiger partial charge in [-0.15, -0.1) is 0 Å². The zero-order valence-electron chi connectivity index (χ0n) is 16.3. The lowest BCUT2D eigenvalue weighted by Gasteiger charge is -2.30. The second-order valence-corrected chi connectivity index (χ2v) is 8.03. The van der Waals surface area contributed by atoms with Crippen LogP contribution in [0.15, 0.2) is 30.3 Å². The van der Waals surface area contributed by atoms with Crippen LogP contribution in [0.4, 0.5) is 0 Å². The Labute approximate surface area is 161 Å². The number of piperidine rings is 1. The summed E-state index contributed by atoms with van der Waals surface area (Å²) in [6.07, 6.45) is 6.71. The third-order valence-electron chi connectivity index (χ3n) is 5.82. The van der Waals surface area contributed by atoms with Gasteiger partial charge in [0, 0.05) is 24.3 Å². The maximum Gasteiger partial charge on any atom is 0.272 e. The van der Waals surface area contributed by atoms with Crippen LogP contribution in [0.25, 0.3) is 5.69 Å². The molecule has 2 heterocycles. The van der Waals surface area contributed by atoms with Crippen molar-refractivity contribution in [3.8, 4) is 5.69 Å². The second-order valence-electron chi connectivity index (χ2n) is 8.03. The maximum absolute atomic E-state index is 12.8. The zero-order valence-corrected chi connectivity index (χ0v) is 16.3. The van der Waals surface area contributed by atoms with Crippen molar-refractivity contribution >= 4 is 5.91 Å². The minimum Gasteiger partial charge on any atom is -0.351 e. The first-order chi connectivity index (χ1) is 13.2. The number of nitrogens with one attached hydrogen (secondary N) is 1. The second kappa shape index (κ2) is 8.26. The van der Waals surface area contributed by atoms with Crippen molar-refractivity contribution in [3.05, 3.63) is 47.3 Å². The van der Waals surface area contributed by atoms with E-state index in [0.29, 0.717) is 5.69 Å². The van der Waals surface area contributed by atoms with Crippen LogP contribution in [-0.4, -0.2) is 46.8 Å². The third kappa shape index (κ3) is 4.08. The van der Waals surface area contributed by atoms with E-state index in [1.54, 1.807) is 0 Å². The Balaban J connectivity index is 1.36. The van der Waals surface area contributed by atoms with Crippen LogP contribution >= 0.6 is 0 Å². The normalized spacial score (nSPS) is 19.8. The fourth-order valence-electron chi connectivity index (χ4n) is 4.48. The lowest BCUT2D eigenvalue weighted by molar-refractivity contribution is 0.0944. The number of hydrogen-bond acceptors (Lipinski definition) is 3. The Morgan fingerprint density at radius 2 is 2.07 bits per heavy atom. The Morgan fingerprint density at radius 1 is 1.22 bits per heavy atom. The zero-order chi connectivity index (χ0) is 18.6. The highest BCUT2D eigenvalue weighted by Gasteiger charge is 2.26. The first kappa shape index (κ1) is 18.2. The highest BCUT2D eigenvalue weighted by molar-refractivity contribution is 5.94. The van der Waals surface area contributed by atoms with Gasteiger partial charge in [-0.3, -0.25) is 4.79 Å². The van der Waals surface area contributed by atoms with Crippen LogP contribution in [0.1, 0.15) is 54.4 Å². The van der Waals surface area contributed by atoms with Gasteiger partial charge in [-0.1, -0.05) is 25.1 Å². The van der Waals surface area contributed by atoms with E-state index in [4.69, 9.17) is 0 Å². The number of hydrogen-bond donors (Lipinski definition) is 1. The Kier molecular flexibility index (Phi) is 5.58. The van der Waals surface area contributed by atoms with Crippen molar-refractivity contribution in [3.63, 3.8) is 0 Å². The van der Waals surface area contributed by atoms with Crippen molar-refractivity contribution in [1.29, 1.82) is 0 Å². The number of likely N-dealkylation sites (tertiary alicyclic amines) is 1. The van der Waals surface area contributed by atoms with Gasteiger partial charge in [0.1, 0.15) is 0 Å². The van der Waals surface area contributed by atoms with E-state index in [1.165, 1.54) is 31.6 Å². The summed E-state index contributed by atoms with van der Waals surface area (Å²) in [7, 11) is 0. The molecule has 2 aliphatic rings. The third-order valence-corrected chi connectivity index (χ3v) is 5.82. The van der Waals surface area contributed by atoms with Crippen molar-refractivity contribution in [1.82, 2.24) is 20.0 Å². The van der Waals surface area contributed by atoms with Gasteiger partial charge in [0.15, 0.2) is 5.69 Å². The smallest absolute Gasteiger partial charge is 0.272 e. The molecule has 144 valence electrons. The molecule has 2 aromatic rings. The molecule has 1 atom stereocenters. The quantitative estimate of drug-likeness (QED) is 0.799. The van der Waals surface area contributed by atoms with Crippen LogP contribution in [0.5, 0.6) is 0 Å². The fraction of sp³-hybridized carbons (Fsp3) is 0.545. The SMILES string of the molecule is CC1CCCN(CCCNC(=O)c2nn(-c3ccccc3)c3c2CCC3)C1. The molecule has 0 spiro atoms. The Hall–Kier alpha value is -2.14. The van der Waals surface area contributed by atoms with E-state index in [-0.39, 0.29) is 5.91 Å². The number of nitrogens with zero attached hydrogens (tertiary/aromatic N) is 3. The molecule has 4 rings (SSSR count). The molecular formula is C22H30N4O. The molecular weight excluding hydrogens is 336 g/mol. The minimum absolute atomic E-state index is 0.0187. The topological polar surface area (TPSA) is 50.2 Å². The molecule has 0 radical (unpaired) electrons. The summed E-state index contributed by atoms with van der Waals surface area (Å²) in [6.45, 7) is 6.52. The van der Waals surface area contributed by atoms with E-state index < -0.39 is 0 Å². The lowest BCUT2D eigenvalue weighted by Crippen LogP contribution is -2.36. The van der Waals surface area contributed by atoms with Crippen molar-refractivity contribution in [2.45, 2.75) is 45.4 Å². The van der Waals surface area contributed by atoms with Crippen LogP contribution in [-0.2, 0) is 12.8 Å². The van der Waals surface area contributed by atoms with Gasteiger partial charge in [0.2, 0.25) is 0 Å². The van der Waals surface area contributed by atoms with Crippen LogP contribution in [0.2, 0.25) is 0 Å². The first-order valence-electron chi connectivity index (χ1n) is 10.4. The van der Waals surface area contributed by atoms with E-state index in [1.807, 2.05) is 35.0 Å². The highest BCUT2D eigenvalue weighted by atomic mass is 16.1. The fourth-order valence-corrected chi connectivity index (χ4v) is 4.48. The predicted molar refractivity (Wildman–Crippen MR) is 107 cm³/mol. The first-order valence-corrected chi connectivity index (χ1v) is 10.4. The van der Waals surface area contributed by atoms with E-state index in [2.05, 4.69) is 22.2 Å². The molecule has 1 unspecified atom stereocenters. The van der Waals surface area contributed by atoms with E-state index >= 15 is 0 Å². The van der Waals surface area contributed by atoms with Gasteiger partial charge in [-0.05, 0) is 69.7 Å². The number of para-hydroxylation sites is 1. The number of benzene rings is 1. The van der Waals surface area contributed by atoms with Gasteiger partial charge in [0.05, 0.1) is 5.69 Å². The summed E-state index contributed by atoms with van der Waals surface area (Å²) in [4.78, 5) is 15.3. The average Bonchev–Trinajstić information content (AvgIpc) is 3.28. The number of amides is 1.